The van der Waals surface area contributed by atoms with Crippen LogP contribution in [0.25, 0.3) is 0 Å². The molecule has 2 unspecified atom stereocenters. The lowest BCUT2D eigenvalue weighted by Gasteiger charge is -2.18. The van der Waals surface area contributed by atoms with Gasteiger partial charge in [0.1, 0.15) is 5.82 Å². The number of aromatic nitrogens is 1. The van der Waals surface area contributed by atoms with Crippen molar-refractivity contribution < 1.29 is 9.18 Å². The van der Waals surface area contributed by atoms with E-state index < -0.39 is 0 Å². The predicted octanol–water partition coefficient (Wildman–Crippen LogP) is 0.760. The zero-order valence-electron chi connectivity index (χ0n) is 9.03. The molecule has 1 aromatic heterocycles. The molecule has 2 N–H and O–H groups in total. The Labute approximate surface area is 93.3 Å². The van der Waals surface area contributed by atoms with Crippen LogP contribution in [0.1, 0.15) is 24.9 Å². The second-order valence-corrected chi connectivity index (χ2v) is 4.03. The van der Waals surface area contributed by atoms with Crippen molar-refractivity contribution in [1.82, 2.24) is 15.6 Å². The first-order valence-corrected chi connectivity index (χ1v) is 5.28. The van der Waals surface area contributed by atoms with Crippen molar-refractivity contribution in [1.29, 1.82) is 0 Å². The fraction of sp³-hybridized carbons (Fsp3) is 0.455. The Hall–Kier alpha value is -1.49. The molecule has 1 fully saturated rings. The van der Waals surface area contributed by atoms with Crippen molar-refractivity contribution in [3.63, 3.8) is 0 Å². The lowest BCUT2D eigenvalue weighted by atomic mass is 10.1. The molecule has 1 aliphatic rings. The second kappa shape index (κ2) is 4.57. The molecule has 0 aromatic carbocycles. The van der Waals surface area contributed by atoms with Gasteiger partial charge in [0.25, 0.3) is 0 Å². The topological polar surface area (TPSA) is 54.0 Å². The lowest BCUT2D eigenvalue weighted by Crippen LogP contribution is -2.33. The van der Waals surface area contributed by atoms with Crippen LogP contribution in [-0.4, -0.2) is 23.5 Å². The molecular formula is C11H14FN3O. The van der Waals surface area contributed by atoms with Crippen molar-refractivity contribution >= 4 is 5.91 Å². The van der Waals surface area contributed by atoms with Crippen molar-refractivity contribution in [3.05, 3.63) is 29.8 Å². The van der Waals surface area contributed by atoms with Crippen LogP contribution in [0, 0.1) is 5.82 Å². The number of carbonyl (C=O) groups is 1. The molecule has 4 nitrogen and oxygen atoms in total. The number of pyridine rings is 1. The largest absolute Gasteiger partial charge is 0.354 e. The van der Waals surface area contributed by atoms with Gasteiger partial charge in [0.05, 0.1) is 6.20 Å². The van der Waals surface area contributed by atoms with E-state index in [-0.39, 0.29) is 23.8 Å². The minimum atomic E-state index is -0.341. The first-order valence-electron chi connectivity index (χ1n) is 5.28. The molecule has 0 radical (unpaired) electrons. The van der Waals surface area contributed by atoms with Gasteiger partial charge in [0, 0.05) is 31.2 Å². The number of nitrogens with zero attached hydrogens (tertiary/aromatic N) is 1. The average molecular weight is 223 g/mol. The number of nitrogens with one attached hydrogen (secondary N) is 2. The van der Waals surface area contributed by atoms with Gasteiger partial charge < -0.3 is 10.6 Å². The lowest BCUT2D eigenvalue weighted by molar-refractivity contribution is -0.119. The van der Waals surface area contributed by atoms with Crippen LogP contribution in [0.15, 0.2) is 18.5 Å². The molecule has 1 aromatic rings. The van der Waals surface area contributed by atoms with Crippen LogP contribution in [0.2, 0.25) is 0 Å². The van der Waals surface area contributed by atoms with Crippen LogP contribution in [0.3, 0.4) is 0 Å². The first-order chi connectivity index (χ1) is 7.65. The predicted molar refractivity (Wildman–Crippen MR) is 57.2 cm³/mol. The van der Waals surface area contributed by atoms with Gasteiger partial charge in [-0.3, -0.25) is 9.78 Å². The third kappa shape index (κ3) is 2.55. The van der Waals surface area contributed by atoms with Crippen molar-refractivity contribution in [2.75, 3.05) is 6.54 Å². The summed E-state index contributed by atoms with van der Waals surface area (Å²) in [5.41, 5.74) is 0.791. The van der Waals surface area contributed by atoms with Gasteiger partial charge >= 0.3 is 0 Å². The molecule has 0 saturated carbocycles. The van der Waals surface area contributed by atoms with Gasteiger partial charge in [-0.15, -0.1) is 0 Å². The highest BCUT2D eigenvalue weighted by Crippen LogP contribution is 2.14. The zero-order valence-corrected chi connectivity index (χ0v) is 9.03. The van der Waals surface area contributed by atoms with Crippen LogP contribution in [0.4, 0.5) is 4.39 Å². The summed E-state index contributed by atoms with van der Waals surface area (Å²) in [4.78, 5) is 14.8. The molecule has 2 rings (SSSR count). The fourth-order valence-corrected chi connectivity index (χ4v) is 1.84. The molecule has 16 heavy (non-hydrogen) atoms. The standard InChI is InChI=1S/C11H14FN3O/c1-7(8-2-9(12)5-13-4-8)15-10-3-11(16)14-6-10/h2,4-5,7,10,15H,3,6H2,1H3,(H,14,16). The summed E-state index contributed by atoms with van der Waals surface area (Å²) in [5, 5.41) is 6.01. The SMILES string of the molecule is CC(NC1CNC(=O)C1)c1cncc(F)c1. The monoisotopic (exact) mass is 223 g/mol. The summed E-state index contributed by atoms with van der Waals surface area (Å²) in [6, 6.07) is 1.56. The normalized spacial score (nSPS) is 21.9. The molecule has 0 spiro atoms. The van der Waals surface area contributed by atoms with Gasteiger partial charge in [-0.05, 0) is 18.6 Å². The number of hydrogen-bond donors (Lipinski definition) is 2. The van der Waals surface area contributed by atoms with E-state index in [1.54, 1.807) is 6.20 Å². The van der Waals surface area contributed by atoms with E-state index in [0.717, 1.165) is 5.56 Å². The minimum Gasteiger partial charge on any atom is -0.354 e. The third-order valence-corrected chi connectivity index (χ3v) is 2.69. The average Bonchev–Trinajstić information content (AvgIpc) is 2.64. The van der Waals surface area contributed by atoms with Gasteiger partial charge in [-0.25, -0.2) is 4.39 Å². The van der Waals surface area contributed by atoms with Crippen LogP contribution >= 0.6 is 0 Å². The highest BCUT2D eigenvalue weighted by molar-refractivity contribution is 5.78. The molecule has 1 aliphatic heterocycles. The smallest absolute Gasteiger partial charge is 0.221 e. The Morgan fingerprint density at radius 3 is 3.06 bits per heavy atom. The van der Waals surface area contributed by atoms with Crippen molar-refractivity contribution in [2.45, 2.75) is 25.4 Å². The van der Waals surface area contributed by atoms with Gasteiger partial charge in [-0.1, -0.05) is 0 Å². The summed E-state index contributed by atoms with van der Waals surface area (Å²) >= 11 is 0. The summed E-state index contributed by atoms with van der Waals surface area (Å²) in [6.07, 6.45) is 3.29. The van der Waals surface area contributed by atoms with E-state index in [9.17, 15) is 9.18 Å². The van der Waals surface area contributed by atoms with E-state index in [4.69, 9.17) is 0 Å². The fourth-order valence-electron chi connectivity index (χ4n) is 1.84. The minimum absolute atomic E-state index is 0.0131. The van der Waals surface area contributed by atoms with Crippen LogP contribution < -0.4 is 10.6 Å². The van der Waals surface area contributed by atoms with Gasteiger partial charge in [0.15, 0.2) is 0 Å². The molecule has 86 valence electrons. The Balaban J connectivity index is 1.97. The maximum Gasteiger partial charge on any atom is 0.221 e. The third-order valence-electron chi connectivity index (χ3n) is 2.69. The van der Waals surface area contributed by atoms with Crippen molar-refractivity contribution in [3.8, 4) is 0 Å². The van der Waals surface area contributed by atoms with E-state index >= 15 is 0 Å². The highest BCUT2D eigenvalue weighted by Gasteiger charge is 2.22. The highest BCUT2D eigenvalue weighted by atomic mass is 19.1. The van der Waals surface area contributed by atoms with Crippen LogP contribution in [-0.2, 0) is 4.79 Å². The first kappa shape index (κ1) is 11.0. The number of rotatable bonds is 3. The molecule has 2 heterocycles. The second-order valence-electron chi connectivity index (χ2n) is 4.03. The Bertz CT molecular complexity index is 397. The molecule has 0 aliphatic carbocycles. The van der Waals surface area contributed by atoms with E-state index in [1.165, 1.54) is 12.3 Å². The Kier molecular flexibility index (Phi) is 3.14. The van der Waals surface area contributed by atoms with E-state index in [0.29, 0.717) is 13.0 Å². The summed E-state index contributed by atoms with van der Waals surface area (Å²) in [6.45, 7) is 2.56. The summed E-state index contributed by atoms with van der Waals surface area (Å²) in [5.74, 6) is -0.283. The maximum atomic E-state index is 12.9. The molecule has 1 amide bonds. The number of hydrogen-bond acceptors (Lipinski definition) is 3. The number of amides is 1. The Morgan fingerprint density at radius 1 is 1.62 bits per heavy atom. The van der Waals surface area contributed by atoms with E-state index in [2.05, 4.69) is 15.6 Å². The molecular weight excluding hydrogens is 209 g/mol. The number of carbonyl (C=O) groups excluding carboxylic acids is 1. The molecule has 2 atom stereocenters. The quantitative estimate of drug-likeness (QED) is 0.795. The Morgan fingerprint density at radius 2 is 2.44 bits per heavy atom. The van der Waals surface area contributed by atoms with E-state index in [1.807, 2.05) is 6.92 Å². The zero-order chi connectivity index (χ0) is 11.5. The van der Waals surface area contributed by atoms with Crippen LogP contribution in [0.5, 0.6) is 0 Å². The summed E-state index contributed by atoms with van der Waals surface area (Å²) in [7, 11) is 0. The number of halogens is 1. The summed E-state index contributed by atoms with van der Waals surface area (Å²) < 4.78 is 12.9. The van der Waals surface area contributed by atoms with Gasteiger partial charge in [-0.2, -0.15) is 0 Å². The van der Waals surface area contributed by atoms with Crippen molar-refractivity contribution in [2.24, 2.45) is 0 Å². The maximum absolute atomic E-state index is 12.9. The van der Waals surface area contributed by atoms with Gasteiger partial charge in [0.2, 0.25) is 5.91 Å². The molecule has 5 heteroatoms. The molecule has 0 bridgehead atoms. The molecule has 1 saturated heterocycles.